The molecule has 1 N–H and O–H groups in total. The molecular formula is C31H39N3O. The predicted molar refractivity (Wildman–Crippen MR) is 143 cm³/mol. The van der Waals surface area contributed by atoms with E-state index < -0.39 is 0 Å². The molecule has 5 rings (SSSR count). The molecule has 1 aromatic heterocycles. The van der Waals surface area contributed by atoms with Crippen LogP contribution in [0, 0.1) is 12.8 Å². The van der Waals surface area contributed by atoms with Gasteiger partial charge in [0, 0.05) is 29.2 Å². The van der Waals surface area contributed by atoms with Gasteiger partial charge in [0.05, 0.1) is 0 Å². The molecule has 35 heavy (non-hydrogen) atoms. The highest BCUT2D eigenvalue weighted by Gasteiger charge is 2.20. The van der Waals surface area contributed by atoms with E-state index in [4.69, 9.17) is 0 Å². The van der Waals surface area contributed by atoms with E-state index in [1.54, 1.807) is 0 Å². The number of fused-ring (bicyclic) bond motifs is 1. The molecule has 4 heteroatoms. The third kappa shape index (κ3) is 5.87. The molecule has 1 amide bonds. The Morgan fingerprint density at radius 2 is 1.71 bits per heavy atom. The Labute approximate surface area is 210 Å². The lowest BCUT2D eigenvalue weighted by molar-refractivity contribution is 0.0950. The van der Waals surface area contributed by atoms with Crippen LogP contribution in [0.1, 0.15) is 65.0 Å². The molecule has 0 spiro atoms. The van der Waals surface area contributed by atoms with Crippen LogP contribution in [-0.4, -0.2) is 41.6 Å². The van der Waals surface area contributed by atoms with Crippen molar-refractivity contribution < 1.29 is 4.79 Å². The van der Waals surface area contributed by atoms with Crippen LogP contribution in [0.2, 0.25) is 0 Å². The molecule has 3 aromatic rings. The Balaban J connectivity index is 1.05. The zero-order chi connectivity index (χ0) is 24.0. The third-order valence-electron chi connectivity index (χ3n) is 7.88. The summed E-state index contributed by atoms with van der Waals surface area (Å²) in [5, 5.41) is 3.12. The Bertz CT molecular complexity index is 1110. The van der Waals surface area contributed by atoms with Crippen molar-refractivity contribution in [3.63, 3.8) is 0 Å². The lowest BCUT2D eigenvalue weighted by atomic mass is 9.90. The van der Waals surface area contributed by atoms with Gasteiger partial charge in [-0.1, -0.05) is 30.3 Å². The van der Waals surface area contributed by atoms with Crippen LogP contribution in [0.25, 0.3) is 5.69 Å². The fourth-order valence-corrected chi connectivity index (χ4v) is 5.94. The molecule has 0 radical (unpaired) electrons. The van der Waals surface area contributed by atoms with Crippen molar-refractivity contribution in [2.75, 3.05) is 26.2 Å². The summed E-state index contributed by atoms with van der Waals surface area (Å²) in [6.07, 6.45) is 9.66. The van der Waals surface area contributed by atoms with Crippen molar-refractivity contribution >= 4 is 5.91 Å². The summed E-state index contributed by atoms with van der Waals surface area (Å²) in [6.45, 7) is 6.33. The number of nitrogens with zero attached hydrogens (tertiary/aromatic N) is 2. The zero-order valence-corrected chi connectivity index (χ0v) is 21.1. The number of aryl methyl sites for hydroxylation is 2. The Kier molecular flexibility index (Phi) is 7.68. The van der Waals surface area contributed by atoms with Gasteiger partial charge in [0.1, 0.15) is 0 Å². The molecule has 184 valence electrons. The summed E-state index contributed by atoms with van der Waals surface area (Å²) >= 11 is 0. The number of hydrogen-bond acceptors (Lipinski definition) is 2. The summed E-state index contributed by atoms with van der Waals surface area (Å²) in [5.41, 5.74) is 7.61. The normalized spacial score (nSPS) is 16.7. The summed E-state index contributed by atoms with van der Waals surface area (Å²) in [4.78, 5) is 15.2. The van der Waals surface area contributed by atoms with Gasteiger partial charge in [-0.05, 0) is 125 Å². The minimum Gasteiger partial charge on any atom is -0.352 e. The van der Waals surface area contributed by atoms with Crippen LogP contribution in [0.5, 0.6) is 0 Å². The molecule has 4 nitrogen and oxygen atoms in total. The van der Waals surface area contributed by atoms with E-state index in [9.17, 15) is 4.79 Å². The Morgan fingerprint density at radius 3 is 2.49 bits per heavy atom. The van der Waals surface area contributed by atoms with Crippen LogP contribution in [0.3, 0.4) is 0 Å². The summed E-state index contributed by atoms with van der Waals surface area (Å²) < 4.78 is 2.37. The first-order chi connectivity index (χ1) is 17.2. The summed E-state index contributed by atoms with van der Waals surface area (Å²) in [7, 11) is 0. The van der Waals surface area contributed by atoms with E-state index in [1.165, 1.54) is 74.1 Å². The number of rotatable bonds is 8. The Hall–Kier alpha value is -2.85. The summed E-state index contributed by atoms with van der Waals surface area (Å²) in [5.74, 6) is 0.835. The highest BCUT2D eigenvalue weighted by atomic mass is 16.1. The average Bonchev–Trinajstić information content (AvgIpc) is 3.24. The Morgan fingerprint density at radius 1 is 0.971 bits per heavy atom. The molecule has 1 fully saturated rings. The molecule has 0 saturated carbocycles. The number of aromatic nitrogens is 1. The molecular weight excluding hydrogens is 430 g/mol. The van der Waals surface area contributed by atoms with E-state index in [0.29, 0.717) is 0 Å². The van der Waals surface area contributed by atoms with Crippen molar-refractivity contribution in [1.82, 2.24) is 14.8 Å². The number of carbonyl (C=O) groups is 1. The second-order valence-electron chi connectivity index (χ2n) is 10.4. The van der Waals surface area contributed by atoms with E-state index in [-0.39, 0.29) is 5.91 Å². The first kappa shape index (κ1) is 23.9. The number of hydrogen-bond donors (Lipinski definition) is 1. The van der Waals surface area contributed by atoms with E-state index in [0.717, 1.165) is 43.1 Å². The molecule has 2 aliphatic rings. The molecule has 2 aromatic carbocycles. The minimum atomic E-state index is 0.0318. The van der Waals surface area contributed by atoms with Crippen molar-refractivity contribution in [2.45, 2.75) is 58.3 Å². The second kappa shape index (κ2) is 11.3. The van der Waals surface area contributed by atoms with Crippen LogP contribution >= 0.6 is 0 Å². The summed E-state index contributed by atoms with van der Waals surface area (Å²) in [6, 6.07) is 21.3. The van der Waals surface area contributed by atoms with Gasteiger partial charge >= 0.3 is 0 Å². The van der Waals surface area contributed by atoms with Gasteiger partial charge in [-0.3, -0.25) is 4.79 Å². The van der Waals surface area contributed by atoms with E-state index in [1.807, 2.05) is 12.1 Å². The van der Waals surface area contributed by atoms with Gasteiger partial charge in [0.15, 0.2) is 0 Å². The number of amides is 1. The van der Waals surface area contributed by atoms with Gasteiger partial charge < -0.3 is 14.8 Å². The molecule has 0 bridgehead atoms. The number of piperidine rings is 1. The van der Waals surface area contributed by atoms with Crippen LogP contribution in [-0.2, 0) is 19.3 Å². The van der Waals surface area contributed by atoms with Gasteiger partial charge in [-0.25, -0.2) is 0 Å². The minimum absolute atomic E-state index is 0.0318. The average molecular weight is 470 g/mol. The fraction of sp³-hybridized carbons (Fsp3) is 0.452. The smallest absolute Gasteiger partial charge is 0.251 e. The third-order valence-corrected chi connectivity index (χ3v) is 7.88. The van der Waals surface area contributed by atoms with Gasteiger partial charge in [-0.2, -0.15) is 0 Å². The highest BCUT2D eigenvalue weighted by Crippen LogP contribution is 2.28. The first-order valence-electron chi connectivity index (χ1n) is 13.5. The van der Waals surface area contributed by atoms with Crippen molar-refractivity contribution in [2.24, 2.45) is 5.92 Å². The van der Waals surface area contributed by atoms with Crippen LogP contribution in [0.4, 0.5) is 0 Å². The van der Waals surface area contributed by atoms with Crippen LogP contribution < -0.4 is 5.32 Å². The SMILES string of the molecule is Cc1cc2c(n1-c1ccc(C(=O)NCCCN3CCC(Cc4ccccc4)CC3)cc1)CCCC2. The lowest BCUT2D eigenvalue weighted by Crippen LogP contribution is -2.36. The molecule has 1 saturated heterocycles. The molecule has 1 aliphatic heterocycles. The van der Waals surface area contributed by atoms with E-state index in [2.05, 4.69) is 70.2 Å². The van der Waals surface area contributed by atoms with Crippen molar-refractivity contribution in [3.8, 4) is 5.69 Å². The fourth-order valence-electron chi connectivity index (χ4n) is 5.94. The first-order valence-corrected chi connectivity index (χ1v) is 13.5. The molecule has 0 unspecified atom stereocenters. The van der Waals surface area contributed by atoms with Gasteiger partial charge in [0.2, 0.25) is 0 Å². The second-order valence-corrected chi connectivity index (χ2v) is 10.4. The largest absolute Gasteiger partial charge is 0.352 e. The number of carbonyl (C=O) groups excluding carboxylic acids is 1. The molecule has 2 heterocycles. The van der Waals surface area contributed by atoms with Crippen LogP contribution in [0.15, 0.2) is 60.7 Å². The number of likely N-dealkylation sites (tertiary alicyclic amines) is 1. The van der Waals surface area contributed by atoms with Gasteiger partial charge in [-0.15, -0.1) is 0 Å². The monoisotopic (exact) mass is 469 g/mol. The van der Waals surface area contributed by atoms with Crippen molar-refractivity contribution in [3.05, 3.63) is 88.7 Å². The van der Waals surface area contributed by atoms with E-state index >= 15 is 0 Å². The zero-order valence-electron chi connectivity index (χ0n) is 21.1. The maximum Gasteiger partial charge on any atom is 0.251 e. The molecule has 1 aliphatic carbocycles. The topological polar surface area (TPSA) is 37.3 Å². The highest BCUT2D eigenvalue weighted by molar-refractivity contribution is 5.94. The molecule has 0 atom stereocenters. The van der Waals surface area contributed by atoms with Crippen molar-refractivity contribution in [1.29, 1.82) is 0 Å². The number of benzene rings is 2. The maximum atomic E-state index is 12.7. The maximum absolute atomic E-state index is 12.7. The predicted octanol–water partition coefficient (Wildman–Crippen LogP) is 5.74. The number of nitrogens with one attached hydrogen (secondary N) is 1. The standard InChI is InChI=1S/C31H39N3O/c1-24-22-28-10-5-6-11-30(28)34(24)29-14-12-27(13-15-29)31(35)32-18-7-19-33-20-16-26(17-21-33)23-25-8-3-2-4-9-25/h2-4,8-9,12-15,22,26H,5-7,10-11,16-21,23H2,1H3,(H,32,35). The van der Waals surface area contributed by atoms with Gasteiger partial charge in [0.25, 0.3) is 5.91 Å². The quantitative estimate of drug-likeness (QED) is 0.427. The lowest BCUT2D eigenvalue weighted by Gasteiger charge is -2.32.